The van der Waals surface area contributed by atoms with Gasteiger partial charge in [-0.15, -0.1) is 0 Å². The van der Waals surface area contributed by atoms with Gasteiger partial charge in [-0.25, -0.2) is 9.78 Å². The summed E-state index contributed by atoms with van der Waals surface area (Å²) in [6, 6.07) is 10.1. The number of nitrogens with one attached hydrogen (secondary N) is 1. The quantitative estimate of drug-likeness (QED) is 0.394. The smallest absolute Gasteiger partial charge is 0.267 e. The molecule has 0 unspecified atom stereocenters. The number of nitrogens with zero attached hydrogens (tertiary/aromatic N) is 3. The van der Waals surface area contributed by atoms with Crippen molar-refractivity contribution in [2.24, 2.45) is 0 Å². The number of aromatic amines is 1. The van der Waals surface area contributed by atoms with E-state index < -0.39 is 18.3 Å². The summed E-state index contributed by atoms with van der Waals surface area (Å²) in [5.41, 5.74) is -0.896. The van der Waals surface area contributed by atoms with Gasteiger partial charge in [0.2, 0.25) is 0 Å². The van der Waals surface area contributed by atoms with E-state index in [0.717, 1.165) is 14.3 Å². The fourth-order valence-electron chi connectivity index (χ4n) is 2.51. The van der Waals surface area contributed by atoms with Gasteiger partial charge in [-0.1, -0.05) is 31.9 Å². The van der Waals surface area contributed by atoms with Gasteiger partial charge in [-0.05, 0) is 36.4 Å². The largest absolute Gasteiger partial charge is 0.408 e. The van der Waals surface area contributed by atoms with Crippen molar-refractivity contribution in [2.45, 2.75) is 12.7 Å². The third-order valence-electron chi connectivity index (χ3n) is 3.77. The molecule has 0 aliphatic rings. The Morgan fingerprint density at radius 1 is 0.931 bits per heavy atom. The summed E-state index contributed by atoms with van der Waals surface area (Å²) in [5, 5.41) is 11.8. The van der Waals surface area contributed by atoms with E-state index in [1.807, 2.05) is 12.1 Å². The Morgan fingerprint density at radius 3 is 2.14 bits per heavy atom. The van der Waals surface area contributed by atoms with Gasteiger partial charge in [-0.3, -0.25) is 9.59 Å². The van der Waals surface area contributed by atoms with Crippen LogP contribution in [-0.2, 0) is 6.54 Å². The van der Waals surface area contributed by atoms with Crippen molar-refractivity contribution in [1.29, 1.82) is 0 Å². The van der Waals surface area contributed by atoms with Crippen LogP contribution in [0.4, 0.5) is 13.2 Å². The molecule has 4 rings (SSSR count). The Morgan fingerprint density at radius 2 is 1.52 bits per heavy atom. The van der Waals surface area contributed by atoms with Crippen LogP contribution in [0.3, 0.4) is 0 Å². The predicted octanol–water partition coefficient (Wildman–Crippen LogP) is 4.41. The van der Waals surface area contributed by atoms with E-state index in [1.165, 1.54) is 12.3 Å². The molecule has 0 saturated heterocycles. The summed E-state index contributed by atoms with van der Waals surface area (Å²) >= 11 is 6.52. The van der Waals surface area contributed by atoms with Crippen molar-refractivity contribution in [1.82, 2.24) is 20.0 Å². The second-order valence-corrected chi connectivity index (χ2v) is 7.72. The molecule has 0 atom stereocenters. The summed E-state index contributed by atoms with van der Waals surface area (Å²) in [5.74, 6) is 0. The number of H-pyrrole nitrogens is 1. The minimum absolute atomic E-state index is 0.153. The Balaban J connectivity index is 0.000000176. The van der Waals surface area contributed by atoms with Gasteiger partial charge in [0.05, 0.1) is 23.2 Å². The van der Waals surface area contributed by atoms with Gasteiger partial charge in [0, 0.05) is 19.7 Å². The lowest BCUT2D eigenvalue weighted by Gasteiger charge is -2.08. The normalized spacial score (nSPS) is 11.3. The van der Waals surface area contributed by atoms with E-state index >= 15 is 0 Å². The lowest BCUT2D eigenvalue weighted by atomic mass is 10.2. The minimum atomic E-state index is -4.46. The minimum Gasteiger partial charge on any atom is -0.267 e. The van der Waals surface area contributed by atoms with E-state index in [-0.39, 0.29) is 10.9 Å². The van der Waals surface area contributed by atoms with Gasteiger partial charge < -0.3 is 0 Å². The number of hydrogen-bond donors (Lipinski definition) is 1. The molecule has 0 fully saturated rings. The fourth-order valence-corrected chi connectivity index (χ4v) is 3.27. The average Bonchev–Trinajstić information content (AvgIpc) is 2.64. The molecule has 1 N–H and O–H groups in total. The third-order valence-corrected chi connectivity index (χ3v) is 4.76. The zero-order chi connectivity index (χ0) is 21.2. The summed E-state index contributed by atoms with van der Waals surface area (Å²) in [6.45, 7) is -1.38. The van der Waals surface area contributed by atoms with Crippen LogP contribution in [0.25, 0.3) is 21.5 Å². The third kappa shape index (κ3) is 5.30. The highest BCUT2D eigenvalue weighted by molar-refractivity contribution is 9.10. The number of halogens is 5. The van der Waals surface area contributed by atoms with Crippen LogP contribution in [0.2, 0.25) is 0 Å². The van der Waals surface area contributed by atoms with Crippen LogP contribution in [0, 0.1) is 0 Å². The molecule has 4 aromatic rings. The molecule has 6 nitrogen and oxygen atoms in total. The monoisotopic (exact) mass is 530 g/mol. The zero-order valence-corrected chi connectivity index (χ0v) is 17.5. The van der Waals surface area contributed by atoms with Gasteiger partial charge in [0.25, 0.3) is 11.1 Å². The summed E-state index contributed by atoms with van der Waals surface area (Å²) in [7, 11) is 0. The van der Waals surface area contributed by atoms with Gasteiger partial charge in [-0.2, -0.15) is 23.4 Å². The van der Waals surface area contributed by atoms with E-state index in [2.05, 4.69) is 47.2 Å². The lowest BCUT2D eigenvalue weighted by Crippen LogP contribution is -2.30. The summed E-state index contributed by atoms with van der Waals surface area (Å²) in [6.07, 6.45) is -1.59. The molecule has 0 spiro atoms. The number of fused-ring (bicyclic) bond motifs is 2. The number of benzene rings is 2. The number of aromatic nitrogens is 4. The molecule has 0 saturated carbocycles. The highest BCUT2D eigenvalue weighted by Gasteiger charge is 2.29. The molecule has 2 aromatic heterocycles. The maximum Gasteiger partial charge on any atom is 0.408 e. The Hall–Kier alpha value is -2.53. The molecule has 2 heterocycles. The lowest BCUT2D eigenvalue weighted by molar-refractivity contribution is -0.143. The number of hydrogen-bond acceptors (Lipinski definition) is 4. The molecular formula is C18H11Br2F3N4O2. The van der Waals surface area contributed by atoms with Crippen LogP contribution in [0.1, 0.15) is 0 Å². The van der Waals surface area contributed by atoms with E-state index in [1.54, 1.807) is 24.4 Å². The van der Waals surface area contributed by atoms with Crippen molar-refractivity contribution in [3.63, 3.8) is 0 Å². The van der Waals surface area contributed by atoms with Crippen LogP contribution < -0.4 is 11.1 Å². The molecule has 2 aromatic carbocycles. The topological polar surface area (TPSA) is 80.6 Å². The highest BCUT2D eigenvalue weighted by atomic mass is 79.9. The average molecular weight is 532 g/mol. The second-order valence-electron chi connectivity index (χ2n) is 5.88. The molecule has 11 heteroatoms. The first-order valence-electron chi connectivity index (χ1n) is 7.99. The van der Waals surface area contributed by atoms with Gasteiger partial charge in [0.1, 0.15) is 6.54 Å². The molecule has 150 valence electrons. The number of alkyl halides is 3. The first kappa shape index (κ1) is 21.2. The molecule has 0 aliphatic carbocycles. The first-order valence-corrected chi connectivity index (χ1v) is 9.58. The van der Waals surface area contributed by atoms with Crippen LogP contribution in [-0.4, -0.2) is 26.2 Å². The van der Waals surface area contributed by atoms with Crippen molar-refractivity contribution in [2.75, 3.05) is 0 Å². The van der Waals surface area contributed by atoms with Crippen LogP contribution in [0.15, 0.2) is 67.3 Å². The highest BCUT2D eigenvalue weighted by Crippen LogP contribution is 2.19. The van der Waals surface area contributed by atoms with E-state index in [0.29, 0.717) is 15.5 Å². The summed E-state index contributed by atoms with van der Waals surface area (Å²) in [4.78, 5) is 22.9. The van der Waals surface area contributed by atoms with Crippen molar-refractivity contribution in [3.8, 4) is 0 Å². The standard InChI is InChI=1S/C10H6BrF3N2O.C8H5BrN2O/c11-7-1-2-8-6(3-7)4-15-16(9(8)17)5-10(12,13)14;9-6-1-2-7-5(3-6)4-10-11-8(7)12/h1-4H,5H2;1-4H,(H,11,12). The molecule has 0 radical (unpaired) electrons. The van der Waals surface area contributed by atoms with Crippen LogP contribution in [0.5, 0.6) is 0 Å². The van der Waals surface area contributed by atoms with E-state index in [9.17, 15) is 22.8 Å². The molecule has 0 amide bonds. The maximum atomic E-state index is 12.2. The van der Waals surface area contributed by atoms with E-state index in [4.69, 9.17) is 0 Å². The fraction of sp³-hybridized carbons (Fsp3) is 0.111. The molecular weight excluding hydrogens is 521 g/mol. The van der Waals surface area contributed by atoms with Gasteiger partial charge in [0.15, 0.2) is 0 Å². The number of rotatable bonds is 1. The Kier molecular flexibility index (Phi) is 6.18. The first-order chi connectivity index (χ1) is 13.6. The Bertz CT molecular complexity index is 1300. The zero-order valence-electron chi connectivity index (χ0n) is 14.4. The van der Waals surface area contributed by atoms with Crippen molar-refractivity contribution in [3.05, 3.63) is 78.4 Å². The van der Waals surface area contributed by atoms with Crippen LogP contribution >= 0.6 is 31.9 Å². The van der Waals surface area contributed by atoms with Crippen molar-refractivity contribution >= 4 is 53.4 Å². The molecule has 29 heavy (non-hydrogen) atoms. The molecule has 0 aliphatic heterocycles. The Labute approximate surface area is 177 Å². The second kappa shape index (κ2) is 8.46. The predicted molar refractivity (Wildman–Crippen MR) is 110 cm³/mol. The summed E-state index contributed by atoms with van der Waals surface area (Å²) < 4.78 is 38.6. The van der Waals surface area contributed by atoms with Crippen molar-refractivity contribution < 1.29 is 13.2 Å². The SMILES string of the molecule is O=c1[nH]ncc2cc(Br)ccc12.O=c1c2ccc(Br)cc2cnn1CC(F)(F)F. The maximum absolute atomic E-state index is 12.2. The van der Waals surface area contributed by atoms with Gasteiger partial charge >= 0.3 is 6.18 Å². The molecule has 0 bridgehead atoms.